The van der Waals surface area contributed by atoms with Crippen LogP contribution in [-0.2, 0) is 11.2 Å². The molecule has 1 aliphatic heterocycles. The second-order valence-electron chi connectivity index (χ2n) is 5.03. The number of amides is 1. The van der Waals surface area contributed by atoms with Crippen molar-refractivity contribution in [3.8, 4) is 0 Å². The number of carbonyl (C=O) groups excluding carboxylic acids is 1. The SMILES string of the molecule is CN(CCc1ccccc1)C(=O)CN1CCCC1.Cl. The highest BCUT2D eigenvalue weighted by molar-refractivity contribution is 5.85. The molecule has 1 amide bonds. The molecule has 1 fully saturated rings. The Bertz CT molecular complexity index is 377. The van der Waals surface area contributed by atoms with E-state index in [-0.39, 0.29) is 18.3 Å². The standard InChI is InChI=1S/C15H22N2O.ClH/c1-16(12-9-14-7-3-2-4-8-14)15(18)13-17-10-5-6-11-17;/h2-4,7-8H,5-6,9-13H2,1H3;1H. The summed E-state index contributed by atoms with van der Waals surface area (Å²) in [6, 6.07) is 10.3. The van der Waals surface area contributed by atoms with Crippen molar-refractivity contribution < 1.29 is 4.79 Å². The summed E-state index contributed by atoms with van der Waals surface area (Å²) in [5.74, 6) is 0.243. The molecule has 1 aromatic rings. The van der Waals surface area contributed by atoms with Crippen LogP contribution < -0.4 is 0 Å². The number of hydrogen-bond donors (Lipinski definition) is 0. The zero-order valence-electron chi connectivity index (χ0n) is 11.5. The van der Waals surface area contributed by atoms with Gasteiger partial charge in [0.05, 0.1) is 6.54 Å². The van der Waals surface area contributed by atoms with Crippen molar-refractivity contribution in [1.82, 2.24) is 9.80 Å². The van der Waals surface area contributed by atoms with Crippen LogP contribution in [0.5, 0.6) is 0 Å². The molecule has 0 bridgehead atoms. The molecule has 2 rings (SSSR count). The van der Waals surface area contributed by atoms with Crippen molar-refractivity contribution >= 4 is 18.3 Å². The van der Waals surface area contributed by atoms with Gasteiger partial charge < -0.3 is 4.90 Å². The van der Waals surface area contributed by atoms with Crippen molar-refractivity contribution in [3.63, 3.8) is 0 Å². The van der Waals surface area contributed by atoms with Crippen LogP contribution in [0, 0.1) is 0 Å². The van der Waals surface area contributed by atoms with E-state index in [1.165, 1.54) is 18.4 Å². The molecular weight excluding hydrogens is 260 g/mol. The zero-order chi connectivity index (χ0) is 12.8. The Morgan fingerprint density at radius 1 is 1.21 bits per heavy atom. The number of carbonyl (C=O) groups is 1. The first-order valence-corrected chi connectivity index (χ1v) is 6.76. The fourth-order valence-corrected chi connectivity index (χ4v) is 2.32. The maximum absolute atomic E-state index is 12.0. The highest BCUT2D eigenvalue weighted by Gasteiger charge is 2.17. The van der Waals surface area contributed by atoms with Gasteiger partial charge in [-0.05, 0) is 37.9 Å². The Kier molecular flexibility index (Phi) is 6.89. The Hall–Kier alpha value is -1.06. The van der Waals surface area contributed by atoms with Crippen molar-refractivity contribution in [2.45, 2.75) is 19.3 Å². The predicted octanol–water partition coefficient (Wildman–Crippen LogP) is 2.21. The third-order valence-electron chi connectivity index (χ3n) is 3.56. The Labute approximate surface area is 122 Å². The summed E-state index contributed by atoms with van der Waals surface area (Å²) in [5, 5.41) is 0. The molecule has 3 nitrogen and oxygen atoms in total. The molecule has 4 heteroatoms. The van der Waals surface area contributed by atoms with Crippen molar-refractivity contribution in [2.24, 2.45) is 0 Å². The van der Waals surface area contributed by atoms with Gasteiger partial charge in [0, 0.05) is 13.6 Å². The smallest absolute Gasteiger partial charge is 0.236 e. The lowest BCUT2D eigenvalue weighted by Crippen LogP contribution is -2.38. The van der Waals surface area contributed by atoms with E-state index in [1.54, 1.807) is 0 Å². The molecule has 19 heavy (non-hydrogen) atoms. The molecule has 0 N–H and O–H groups in total. The lowest BCUT2D eigenvalue weighted by molar-refractivity contribution is -0.130. The Morgan fingerprint density at radius 2 is 1.84 bits per heavy atom. The molecule has 106 valence electrons. The number of nitrogens with zero attached hydrogens (tertiary/aromatic N) is 2. The number of likely N-dealkylation sites (N-methyl/N-ethyl adjacent to an activating group) is 1. The van der Waals surface area contributed by atoms with E-state index in [0.29, 0.717) is 6.54 Å². The molecule has 0 atom stereocenters. The Balaban J connectivity index is 0.00000180. The van der Waals surface area contributed by atoms with Gasteiger partial charge in [0.1, 0.15) is 0 Å². The first-order chi connectivity index (χ1) is 8.75. The average Bonchev–Trinajstić information content (AvgIpc) is 2.90. The molecule has 0 radical (unpaired) electrons. The van der Waals surface area contributed by atoms with Gasteiger partial charge in [0.25, 0.3) is 0 Å². The number of likely N-dealkylation sites (tertiary alicyclic amines) is 1. The summed E-state index contributed by atoms with van der Waals surface area (Å²) in [7, 11) is 1.90. The average molecular weight is 283 g/mol. The van der Waals surface area contributed by atoms with Crippen LogP contribution in [0.15, 0.2) is 30.3 Å². The van der Waals surface area contributed by atoms with Crippen molar-refractivity contribution in [2.75, 3.05) is 33.2 Å². The lowest BCUT2D eigenvalue weighted by atomic mass is 10.1. The van der Waals surface area contributed by atoms with Crippen LogP contribution in [-0.4, -0.2) is 48.9 Å². The van der Waals surface area contributed by atoms with E-state index >= 15 is 0 Å². The van der Waals surface area contributed by atoms with Crippen molar-refractivity contribution in [1.29, 1.82) is 0 Å². The minimum absolute atomic E-state index is 0. The number of hydrogen-bond acceptors (Lipinski definition) is 2. The summed E-state index contributed by atoms with van der Waals surface area (Å²) in [4.78, 5) is 16.1. The van der Waals surface area contributed by atoms with Gasteiger partial charge in [-0.3, -0.25) is 9.69 Å². The van der Waals surface area contributed by atoms with E-state index in [4.69, 9.17) is 0 Å². The normalized spacial score (nSPS) is 15.0. The third kappa shape index (κ3) is 5.21. The van der Waals surface area contributed by atoms with Crippen LogP contribution in [0.1, 0.15) is 18.4 Å². The summed E-state index contributed by atoms with van der Waals surface area (Å²) >= 11 is 0. The fraction of sp³-hybridized carbons (Fsp3) is 0.533. The minimum atomic E-state index is 0. The zero-order valence-corrected chi connectivity index (χ0v) is 12.4. The van der Waals surface area contributed by atoms with E-state index in [9.17, 15) is 4.79 Å². The van der Waals surface area contributed by atoms with E-state index in [2.05, 4.69) is 17.0 Å². The number of benzene rings is 1. The van der Waals surface area contributed by atoms with Gasteiger partial charge >= 0.3 is 0 Å². The molecule has 0 aliphatic carbocycles. The molecule has 0 saturated carbocycles. The van der Waals surface area contributed by atoms with Crippen molar-refractivity contribution in [3.05, 3.63) is 35.9 Å². The molecule has 1 saturated heterocycles. The fourth-order valence-electron chi connectivity index (χ4n) is 2.32. The van der Waals surface area contributed by atoms with Gasteiger partial charge in [-0.15, -0.1) is 12.4 Å². The highest BCUT2D eigenvalue weighted by Crippen LogP contribution is 2.07. The highest BCUT2D eigenvalue weighted by atomic mass is 35.5. The molecule has 0 spiro atoms. The molecule has 1 aromatic carbocycles. The molecular formula is C15H23ClN2O. The Morgan fingerprint density at radius 3 is 2.47 bits per heavy atom. The van der Waals surface area contributed by atoms with Gasteiger partial charge in [-0.2, -0.15) is 0 Å². The topological polar surface area (TPSA) is 23.6 Å². The largest absolute Gasteiger partial charge is 0.344 e. The van der Waals surface area contributed by atoms with Crippen LogP contribution in [0.25, 0.3) is 0 Å². The second-order valence-corrected chi connectivity index (χ2v) is 5.03. The maximum Gasteiger partial charge on any atom is 0.236 e. The van der Waals surface area contributed by atoms with Gasteiger partial charge in [0.15, 0.2) is 0 Å². The van der Waals surface area contributed by atoms with Crippen LogP contribution in [0.2, 0.25) is 0 Å². The van der Waals surface area contributed by atoms with Gasteiger partial charge in [-0.1, -0.05) is 30.3 Å². The summed E-state index contributed by atoms with van der Waals surface area (Å²) in [6.07, 6.45) is 3.41. The van der Waals surface area contributed by atoms with Crippen LogP contribution in [0.4, 0.5) is 0 Å². The van der Waals surface area contributed by atoms with Crippen LogP contribution >= 0.6 is 12.4 Å². The first-order valence-electron chi connectivity index (χ1n) is 6.76. The van der Waals surface area contributed by atoms with E-state index in [0.717, 1.165) is 26.1 Å². The molecule has 0 unspecified atom stereocenters. The second kappa shape index (κ2) is 8.18. The predicted molar refractivity (Wildman–Crippen MR) is 80.7 cm³/mol. The molecule has 0 aromatic heterocycles. The van der Waals surface area contributed by atoms with Gasteiger partial charge in [0.2, 0.25) is 5.91 Å². The maximum atomic E-state index is 12.0. The molecule has 1 heterocycles. The number of halogens is 1. The number of rotatable bonds is 5. The summed E-state index contributed by atoms with van der Waals surface area (Å²) in [6.45, 7) is 3.55. The lowest BCUT2D eigenvalue weighted by Gasteiger charge is -2.21. The third-order valence-corrected chi connectivity index (χ3v) is 3.56. The van der Waals surface area contributed by atoms with E-state index in [1.807, 2.05) is 30.1 Å². The monoisotopic (exact) mass is 282 g/mol. The van der Waals surface area contributed by atoms with Crippen LogP contribution in [0.3, 0.4) is 0 Å². The summed E-state index contributed by atoms with van der Waals surface area (Å²) in [5.41, 5.74) is 1.29. The van der Waals surface area contributed by atoms with E-state index < -0.39 is 0 Å². The molecule has 1 aliphatic rings. The quantitative estimate of drug-likeness (QED) is 0.827. The van der Waals surface area contributed by atoms with Gasteiger partial charge in [-0.25, -0.2) is 0 Å². The summed E-state index contributed by atoms with van der Waals surface area (Å²) < 4.78 is 0. The minimum Gasteiger partial charge on any atom is -0.344 e. The first kappa shape index (κ1) is 16.0.